The number of anilines is 1. The van der Waals surface area contributed by atoms with Crippen LogP contribution in [0.25, 0.3) is 5.69 Å². The fraction of sp³-hybridized carbons (Fsp3) is 0.273. The molecule has 1 aromatic heterocycles. The molecule has 1 heterocycles. The molecule has 0 radical (unpaired) electrons. The number of H-pyrrole nitrogens is 1. The first-order valence-electron chi connectivity index (χ1n) is 5.19. The number of aromatic amines is 1. The zero-order chi connectivity index (χ0) is 12.4. The minimum atomic E-state index is -0.158. The maximum absolute atomic E-state index is 9.26. The molecule has 0 saturated carbocycles. The number of aromatic nitrogens is 3. The summed E-state index contributed by atoms with van der Waals surface area (Å²) in [6.45, 7) is -0.158. The van der Waals surface area contributed by atoms with Crippen LogP contribution in [-0.2, 0) is 6.61 Å². The number of aliphatic hydroxyl groups excluding tert-OH is 1. The Morgan fingerprint density at radius 2 is 2.12 bits per heavy atom. The molecule has 0 amide bonds. The van der Waals surface area contributed by atoms with Crippen LogP contribution >= 0.6 is 12.2 Å². The van der Waals surface area contributed by atoms with Gasteiger partial charge in [0.05, 0.1) is 11.4 Å². The first-order chi connectivity index (χ1) is 8.15. The van der Waals surface area contributed by atoms with Crippen molar-refractivity contribution in [2.75, 3.05) is 19.0 Å². The Balaban J connectivity index is 2.68. The molecule has 2 rings (SSSR count). The molecule has 0 saturated heterocycles. The molecular weight excluding hydrogens is 236 g/mol. The van der Waals surface area contributed by atoms with E-state index in [-0.39, 0.29) is 6.61 Å². The van der Waals surface area contributed by atoms with Crippen LogP contribution in [0.4, 0.5) is 5.69 Å². The van der Waals surface area contributed by atoms with E-state index in [0.29, 0.717) is 10.6 Å². The normalized spacial score (nSPS) is 10.5. The molecular formula is C11H14N4OS. The van der Waals surface area contributed by atoms with Crippen LogP contribution in [0, 0.1) is 4.77 Å². The van der Waals surface area contributed by atoms with Crippen molar-refractivity contribution in [2.45, 2.75) is 6.61 Å². The largest absolute Gasteiger partial charge is 0.388 e. The molecule has 0 unspecified atom stereocenters. The molecule has 17 heavy (non-hydrogen) atoms. The lowest BCUT2D eigenvalue weighted by Crippen LogP contribution is -2.13. The highest BCUT2D eigenvalue weighted by Gasteiger charge is 2.11. The van der Waals surface area contributed by atoms with E-state index in [1.807, 2.05) is 43.3 Å². The van der Waals surface area contributed by atoms with Crippen molar-refractivity contribution in [1.29, 1.82) is 0 Å². The van der Waals surface area contributed by atoms with Gasteiger partial charge >= 0.3 is 0 Å². The van der Waals surface area contributed by atoms with Gasteiger partial charge in [-0.15, -0.1) is 0 Å². The quantitative estimate of drug-likeness (QED) is 0.810. The molecule has 0 bridgehead atoms. The third-order valence-electron chi connectivity index (χ3n) is 2.49. The van der Waals surface area contributed by atoms with Crippen molar-refractivity contribution in [3.8, 4) is 5.69 Å². The number of rotatable bonds is 3. The Morgan fingerprint density at radius 3 is 2.76 bits per heavy atom. The minimum absolute atomic E-state index is 0.158. The van der Waals surface area contributed by atoms with Gasteiger partial charge in [-0.3, -0.25) is 9.67 Å². The van der Waals surface area contributed by atoms with Crippen LogP contribution < -0.4 is 4.90 Å². The molecule has 0 fully saturated rings. The van der Waals surface area contributed by atoms with Crippen LogP contribution in [0.15, 0.2) is 24.3 Å². The van der Waals surface area contributed by atoms with Crippen molar-refractivity contribution in [2.24, 2.45) is 0 Å². The number of nitrogens with one attached hydrogen (secondary N) is 1. The number of para-hydroxylation sites is 2. The van der Waals surface area contributed by atoms with Gasteiger partial charge in [-0.05, 0) is 24.4 Å². The molecule has 0 aliphatic rings. The van der Waals surface area contributed by atoms with Crippen LogP contribution in [0.3, 0.4) is 0 Å². The fourth-order valence-electron chi connectivity index (χ4n) is 1.72. The first kappa shape index (κ1) is 11.8. The minimum Gasteiger partial charge on any atom is -0.388 e. The number of aliphatic hydroxyl groups is 1. The fourth-order valence-corrected chi connectivity index (χ4v) is 1.96. The molecule has 2 N–H and O–H groups in total. The van der Waals surface area contributed by atoms with Crippen molar-refractivity contribution >= 4 is 17.9 Å². The molecule has 2 aromatic rings. The van der Waals surface area contributed by atoms with E-state index < -0.39 is 0 Å². The van der Waals surface area contributed by atoms with E-state index >= 15 is 0 Å². The second-order valence-electron chi connectivity index (χ2n) is 3.82. The molecule has 5 nitrogen and oxygen atoms in total. The van der Waals surface area contributed by atoms with Crippen LogP contribution in [-0.4, -0.2) is 34.0 Å². The summed E-state index contributed by atoms with van der Waals surface area (Å²) in [7, 11) is 3.92. The second kappa shape index (κ2) is 4.68. The topological polar surface area (TPSA) is 57.1 Å². The number of benzene rings is 1. The van der Waals surface area contributed by atoms with E-state index in [9.17, 15) is 5.11 Å². The smallest absolute Gasteiger partial charge is 0.200 e. The van der Waals surface area contributed by atoms with Gasteiger partial charge in [0.2, 0.25) is 0 Å². The van der Waals surface area contributed by atoms with Crippen molar-refractivity contribution in [3.63, 3.8) is 0 Å². The van der Waals surface area contributed by atoms with Gasteiger partial charge in [0.1, 0.15) is 6.61 Å². The van der Waals surface area contributed by atoms with E-state index in [1.54, 1.807) is 4.57 Å². The maximum Gasteiger partial charge on any atom is 0.200 e. The number of hydrogen-bond donors (Lipinski definition) is 2. The van der Waals surface area contributed by atoms with Crippen molar-refractivity contribution < 1.29 is 5.11 Å². The Morgan fingerprint density at radius 1 is 1.41 bits per heavy atom. The standard InChI is InChI=1S/C11H14N4OS/c1-14(2)8-5-3-4-6-9(8)15-10(7-16)12-13-11(15)17/h3-6,16H,7H2,1-2H3,(H,13,17). The predicted molar refractivity (Wildman–Crippen MR) is 69.0 cm³/mol. The Labute approximate surface area is 104 Å². The summed E-state index contributed by atoms with van der Waals surface area (Å²) in [6, 6.07) is 7.82. The van der Waals surface area contributed by atoms with Gasteiger partial charge in [0, 0.05) is 14.1 Å². The maximum atomic E-state index is 9.26. The van der Waals surface area contributed by atoms with Crippen LogP contribution in [0.5, 0.6) is 0 Å². The molecule has 6 heteroatoms. The van der Waals surface area contributed by atoms with Crippen molar-refractivity contribution in [3.05, 3.63) is 34.9 Å². The summed E-state index contributed by atoms with van der Waals surface area (Å²) < 4.78 is 2.22. The average molecular weight is 250 g/mol. The van der Waals surface area contributed by atoms with Crippen LogP contribution in [0.2, 0.25) is 0 Å². The second-order valence-corrected chi connectivity index (χ2v) is 4.21. The average Bonchev–Trinajstić information content (AvgIpc) is 2.70. The highest BCUT2D eigenvalue weighted by molar-refractivity contribution is 7.71. The number of hydrogen-bond acceptors (Lipinski definition) is 4. The summed E-state index contributed by atoms with van der Waals surface area (Å²) in [4.78, 5) is 1.99. The molecule has 90 valence electrons. The third-order valence-corrected chi connectivity index (χ3v) is 2.76. The summed E-state index contributed by atoms with van der Waals surface area (Å²) in [5.41, 5.74) is 1.92. The van der Waals surface area contributed by atoms with Gasteiger partial charge in [-0.25, -0.2) is 0 Å². The molecule has 0 aliphatic heterocycles. The third kappa shape index (κ3) is 2.09. The zero-order valence-corrected chi connectivity index (χ0v) is 10.5. The summed E-state index contributed by atoms with van der Waals surface area (Å²) in [5.74, 6) is 0.504. The Kier molecular flexibility index (Phi) is 3.26. The monoisotopic (exact) mass is 250 g/mol. The van der Waals surface area contributed by atoms with Crippen molar-refractivity contribution in [1.82, 2.24) is 14.8 Å². The number of nitrogens with zero attached hydrogens (tertiary/aromatic N) is 3. The van der Waals surface area contributed by atoms with Gasteiger partial charge in [-0.2, -0.15) is 5.10 Å². The first-order valence-corrected chi connectivity index (χ1v) is 5.60. The van der Waals surface area contributed by atoms with Gasteiger partial charge in [-0.1, -0.05) is 12.1 Å². The van der Waals surface area contributed by atoms with E-state index in [4.69, 9.17) is 12.2 Å². The van der Waals surface area contributed by atoms with E-state index in [0.717, 1.165) is 11.4 Å². The van der Waals surface area contributed by atoms with Gasteiger partial charge in [0.15, 0.2) is 10.6 Å². The molecule has 0 aliphatic carbocycles. The lowest BCUT2D eigenvalue weighted by atomic mass is 10.2. The summed E-state index contributed by atoms with van der Waals surface area (Å²) in [5, 5.41) is 15.9. The van der Waals surface area contributed by atoms with E-state index in [2.05, 4.69) is 10.2 Å². The Hall–Kier alpha value is -1.66. The SMILES string of the molecule is CN(C)c1ccccc1-n1c(CO)n[nH]c1=S. The lowest BCUT2D eigenvalue weighted by molar-refractivity contribution is 0.269. The molecule has 1 aromatic carbocycles. The summed E-state index contributed by atoms with van der Waals surface area (Å²) in [6.07, 6.45) is 0. The zero-order valence-electron chi connectivity index (χ0n) is 9.71. The highest BCUT2D eigenvalue weighted by atomic mass is 32.1. The summed E-state index contributed by atoms with van der Waals surface area (Å²) >= 11 is 5.18. The lowest BCUT2D eigenvalue weighted by Gasteiger charge is -2.18. The molecule has 0 atom stereocenters. The van der Waals surface area contributed by atoms with Gasteiger partial charge < -0.3 is 10.0 Å². The highest BCUT2D eigenvalue weighted by Crippen LogP contribution is 2.23. The van der Waals surface area contributed by atoms with Crippen LogP contribution in [0.1, 0.15) is 5.82 Å². The Bertz CT molecular complexity index is 573. The predicted octanol–water partition coefficient (Wildman–Crippen LogP) is 1.49. The van der Waals surface area contributed by atoms with E-state index in [1.165, 1.54) is 0 Å². The van der Waals surface area contributed by atoms with Gasteiger partial charge in [0.25, 0.3) is 0 Å². The molecule has 0 spiro atoms.